The second kappa shape index (κ2) is 9.41. The number of nitrogens with zero attached hydrogens (tertiary/aromatic N) is 4. The first kappa shape index (κ1) is 22.5. The van der Waals surface area contributed by atoms with Gasteiger partial charge in [-0.25, -0.2) is 13.2 Å². The molecule has 3 heterocycles. The van der Waals surface area contributed by atoms with Crippen LogP contribution in [-0.4, -0.2) is 83.8 Å². The summed E-state index contributed by atoms with van der Waals surface area (Å²) in [4.78, 5) is 33.5. The summed E-state index contributed by atoms with van der Waals surface area (Å²) < 4.78 is 32.8. The Morgan fingerprint density at radius 3 is 2.53 bits per heavy atom. The van der Waals surface area contributed by atoms with Crippen LogP contribution < -0.4 is 10.1 Å². The molecule has 2 aliphatic rings. The highest BCUT2D eigenvalue weighted by Crippen LogP contribution is 2.25. The van der Waals surface area contributed by atoms with Gasteiger partial charge in [0.2, 0.25) is 11.0 Å². The average molecular weight is 480 g/mol. The lowest BCUT2D eigenvalue weighted by atomic mass is 10.0. The Bertz CT molecular complexity index is 1070. The summed E-state index contributed by atoms with van der Waals surface area (Å²) in [5, 5.41) is 3.16. The lowest BCUT2D eigenvalue weighted by molar-refractivity contribution is -0.121. The monoisotopic (exact) mass is 479 g/mol. The zero-order valence-corrected chi connectivity index (χ0v) is 19.3. The SMILES string of the molecule is COc1ccc(-c2nsc(NC(=O)[C@@H]3CCCCN3C(=O)N3CCS(=O)(=O)CC3)n2)cc1. The number of likely N-dealkylation sites (tertiary alicyclic amines) is 1. The summed E-state index contributed by atoms with van der Waals surface area (Å²) in [7, 11) is -1.49. The number of carbonyl (C=O) groups excluding carboxylic acids is 2. The molecule has 12 heteroatoms. The van der Waals surface area contributed by atoms with Gasteiger partial charge in [-0.1, -0.05) is 0 Å². The van der Waals surface area contributed by atoms with Crippen LogP contribution >= 0.6 is 11.5 Å². The molecule has 32 heavy (non-hydrogen) atoms. The normalized spacial score (nSPS) is 20.6. The number of piperidine rings is 1. The van der Waals surface area contributed by atoms with Gasteiger partial charge >= 0.3 is 6.03 Å². The second-order valence-electron chi connectivity index (χ2n) is 7.77. The average Bonchev–Trinajstić information content (AvgIpc) is 3.27. The van der Waals surface area contributed by atoms with Gasteiger partial charge in [-0.2, -0.15) is 9.36 Å². The van der Waals surface area contributed by atoms with Crippen LogP contribution in [0.2, 0.25) is 0 Å². The molecule has 2 aromatic rings. The van der Waals surface area contributed by atoms with Gasteiger partial charge < -0.3 is 14.5 Å². The van der Waals surface area contributed by atoms with Crippen molar-refractivity contribution in [2.45, 2.75) is 25.3 Å². The minimum atomic E-state index is -3.09. The maximum absolute atomic E-state index is 13.0. The van der Waals surface area contributed by atoms with E-state index in [1.807, 2.05) is 24.3 Å². The van der Waals surface area contributed by atoms with E-state index < -0.39 is 15.9 Å². The summed E-state index contributed by atoms with van der Waals surface area (Å²) in [6, 6.07) is 6.40. The molecule has 0 spiro atoms. The summed E-state index contributed by atoms with van der Waals surface area (Å²) in [5.41, 5.74) is 0.803. The van der Waals surface area contributed by atoms with E-state index in [0.717, 1.165) is 35.7 Å². The van der Waals surface area contributed by atoms with Crippen LogP contribution in [0.15, 0.2) is 24.3 Å². The maximum atomic E-state index is 13.0. The third-order valence-corrected chi connectivity index (χ3v) is 7.91. The first-order chi connectivity index (χ1) is 15.4. The van der Waals surface area contributed by atoms with Gasteiger partial charge in [0, 0.05) is 36.7 Å². The van der Waals surface area contributed by atoms with Crippen LogP contribution in [0.1, 0.15) is 19.3 Å². The smallest absolute Gasteiger partial charge is 0.320 e. The number of ether oxygens (including phenoxy) is 1. The first-order valence-corrected chi connectivity index (χ1v) is 13.0. The summed E-state index contributed by atoms with van der Waals surface area (Å²) in [6.45, 7) is 0.786. The fraction of sp³-hybridized carbons (Fsp3) is 0.500. The van der Waals surface area contributed by atoms with E-state index in [0.29, 0.717) is 23.9 Å². The molecule has 0 saturated carbocycles. The molecular weight excluding hydrogens is 454 g/mol. The van der Waals surface area contributed by atoms with Crippen molar-refractivity contribution in [3.63, 3.8) is 0 Å². The molecule has 172 valence electrons. The summed E-state index contributed by atoms with van der Waals surface area (Å²) in [6.07, 6.45) is 2.19. The zero-order valence-electron chi connectivity index (χ0n) is 17.7. The summed E-state index contributed by atoms with van der Waals surface area (Å²) >= 11 is 1.08. The van der Waals surface area contributed by atoms with E-state index in [4.69, 9.17) is 4.74 Å². The number of amides is 3. The number of carbonyl (C=O) groups is 2. The molecule has 3 amide bonds. The van der Waals surface area contributed by atoms with Crippen LogP contribution in [0.3, 0.4) is 0 Å². The number of benzene rings is 1. The van der Waals surface area contributed by atoms with E-state index >= 15 is 0 Å². The molecule has 10 nitrogen and oxygen atoms in total. The Kier molecular flexibility index (Phi) is 6.60. The number of anilines is 1. The highest BCUT2D eigenvalue weighted by Gasteiger charge is 2.36. The van der Waals surface area contributed by atoms with E-state index in [1.165, 1.54) is 4.90 Å². The predicted molar refractivity (Wildman–Crippen MR) is 120 cm³/mol. The van der Waals surface area contributed by atoms with Crippen molar-refractivity contribution in [2.24, 2.45) is 0 Å². The number of sulfone groups is 1. The van der Waals surface area contributed by atoms with Crippen molar-refractivity contribution in [1.82, 2.24) is 19.2 Å². The highest BCUT2D eigenvalue weighted by molar-refractivity contribution is 7.91. The van der Waals surface area contributed by atoms with Crippen molar-refractivity contribution in [2.75, 3.05) is 43.6 Å². The number of hydrogen-bond acceptors (Lipinski definition) is 8. The van der Waals surface area contributed by atoms with Gasteiger partial charge in [-0.15, -0.1) is 0 Å². The van der Waals surface area contributed by atoms with Crippen LogP contribution in [0.25, 0.3) is 11.4 Å². The number of methoxy groups -OCH3 is 1. The molecule has 0 radical (unpaired) electrons. The van der Waals surface area contributed by atoms with E-state index in [1.54, 1.807) is 12.0 Å². The van der Waals surface area contributed by atoms with Gasteiger partial charge in [0.25, 0.3) is 0 Å². The second-order valence-corrected chi connectivity index (χ2v) is 10.8. The lowest BCUT2D eigenvalue weighted by Gasteiger charge is -2.39. The Labute approximate surface area is 190 Å². The zero-order chi connectivity index (χ0) is 22.7. The van der Waals surface area contributed by atoms with Gasteiger partial charge in [-0.05, 0) is 43.5 Å². The van der Waals surface area contributed by atoms with E-state index in [2.05, 4.69) is 14.7 Å². The van der Waals surface area contributed by atoms with Gasteiger partial charge in [0.15, 0.2) is 15.7 Å². The summed E-state index contributed by atoms with van der Waals surface area (Å²) in [5.74, 6) is 0.843. The Balaban J connectivity index is 1.42. The van der Waals surface area contributed by atoms with Crippen LogP contribution in [0.4, 0.5) is 9.93 Å². The van der Waals surface area contributed by atoms with E-state index in [-0.39, 0.29) is 36.5 Å². The van der Waals surface area contributed by atoms with Gasteiger partial charge in [0.1, 0.15) is 11.8 Å². The van der Waals surface area contributed by atoms with Gasteiger partial charge in [0.05, 0.1) is 18.6 Å². The third-order valence-electron chi connectivity index (χ3n) is 5.67. The standard InChI is InChI=1S/C20H25N5O5S2/c1-30-15-7-5-14(6-8-15)17-21-19(31-23-17)22-18(26)16-4-2-3-9-25(16)20(27)24-10-12-32(28,29)13-11-24/h5-8,16H,2-4,9-13H2,1H3,(H,21,22,23,26)/t16-/m0/s1. The first-order valence-electron chi connectivity index (χ1n) is 10.4. The fourth-order valence-electron chi connectivity index (χ4n) is 3.84. The molecule has 1 N–H and O–H groups in total. The third kappa shape index (κ3) is 5.01. The molecule has 2 saturated heterocycles. The van der Waals surface area contributed by atoms with E-state index in [9.17, 15) is 18.0 Å². The molecule has 0 aliphatic carbocycles. The number of hydrogen-bond donors (Lipinski definition) is 1. The molecule has 2 fully saturated rings. The Hall–Kier alpha value is -2.73. The lowest BCUT2D eigenvalue weighted by Crippen LogP contribution is -2.56. The maximum Gasteiger partial charge on any atom is 0.320 e. The van der Waals surface area contributed by atoms with Crippen LogP contribution in [0.5, 0.6) is 5.75 Å². The topological polar surface area (TPSA) is 122 Å². The predicted octanol–water partition coefficient (Wildman–Crippen LogP) is 1.86. The minimum Gasteiger partial charge on any atom is -0.497 e. The Morgan fingerprint density at radius 2 is 1.84 bits per heavy atom. The minimum absolute atomic E-state index is 0.0393. The van der Waals surface area contributed by atoms with Crippen molar-refractivity contribution in [3.8, 4) is 17.1 Å². The highest BCUT2D eigenvalue weighted by atomic mass is 32.2. The van der Waals surface area contributed by atoms with Gasteiger partial charge in [-0.3, -0.25) is 10.1 Å². The largest absolute Gasteiger partial charge is 0.497 e. The van der Waals surface area contributed by atoms with Crippen LogP contribution in [0, 0.1) is 0 Å². The number of urea groups is 1. The van der Waals surface area contributed by atoms with Crippen molar-refractivity contribution < 1.29 is 22.7 Å². The van der Waals surface area contributed by atoms with Crippen molar-refractivity contribution >= 4 is 38.4 Å². The molecule has 0 bridgehead atoms. The molecule has 0 unspecified atom stereocenters. The van der Waals surface area contributed by atoms with Crippen LogP contribution in [-0.2, 0) is 14.6 Å². The molecule has 4 rings (SSSR count). The molecular formula is C20H25N5O5S2. The Morgan fingerprint density at radius 1 is 1.12 bits per heavy atom. The molecule has 1 aromatic carbocycles. The molecule has 2 aliphatic heterocycles. The molecule has 1 aromatic heterocycles. The van der Waals surface area contributed by atoms with Crippen molar-refractivity contribution in [1.29, 1.82) is 0 Å². The quantitative estimate of drug-likeness (QED) is 0.710. The van der Waals surface area contributed by atoms with Crippen molar-refractivity contribution in [3.05, 3.63) is 24.3 Å². The molecule has 1 atom stereocenters. The number of nitrogens with one attached hydrogen (secondary N) is 1. The number of aromatic nitrogens is 2. The fourth-order valence-corrected chi connectivity index (χ4v) is 5.63. The number of rotatable bonds is 4.